The summed E-state index contributed by atoms with van der Waals surface area (Å²) in [4.78, 5) is 12.8. The van der Waals surface area contributed by atoms with Crippen molar-refractivity contribution in [1.82, 2.24) is 10.2 Å². The predicted molar refractivity (Wildman–Crippen MR) is 88.0 cm³/mol. The first-order chi connectivity index (χ1) is 10.2. The van der Waals surface area contributed by atoms with Gasteiger partial charge in [-0.15, -0.1) is 0 Å². The number of nitrogens with one attached hydrogen (secondary N) is 1. The van der Waals surface area contributed by atoms with Crippen molar-refractivity contribution in [3.05, 3.63) is 0 Å². The molecule has 0 spiro atoms. The second-order valence-corrected chi connectivity index (χ2v) is 6.96. The Labute approximate surface area is 132 Å². The highest BCUT2D eigenvalue weighted by Crippen LogP contribution is 2.30. The van der Waals surface area contributed by atoms with Crippen LogP contribution in [0.5, 0.6) is 0 Å². The van der Waals surface area contributed by atoms with Crippen LogP contribution in [0.25, 0.3) is 0 Å². The van der Waals surface area contributed by atoms with Crippen LogP contribution in [0, 0.1) is 11.8 Å². The zero-order valence-electron chi connectivity index (χ0n) is 13.1. The van der Waals surface area contributed by atoms with Crippen molar-refractivity contribution in [3.8, 4) is 0 Å². The number of hydrogen-bond donors (Lipinski definition) is 3. The summed E-state index contributed by atoms with van der Waals surface area (Å²) in [5, 5.41) is 20.0. The number of thioether (sulfide) groups is 1. The molecule has 0 atom stereocenters. The van der Waals surface area contributed by atoms with Gasteiger partial charge in [-0.1, -0.05) is 6.92 Å². The first kappa shape index (κ1) is 18.6. The van der Waals surface area contributed by atoms with E-state index in [4.69, 9.17) is 10.2 Å². The lowest BCUT2D eigenvalue weighted by Gasteiger charge is -2.28. The molecule has 1 saturated carbocycles. The second kappa shape index (κ2) is 11.2. The maximum atomic E-state index is 10.5. The number of carbonyl (C=O) groups is 1. The summed E-state index contributed by atoms with van der Waals surface area (Å²) in [6.45, 7) is 5.82. The molecule has 6 heteroatoms. The molecule has 5 nitrogen and oxygen atoms in total. The third-order valence-corrected chi connectivity index (χ3v) is 5.46. The summed E-state index contributed by atoms with van der Waals surface area (Å²) < 4.78 is 0. The Morgan fingerprint density at radius 3 is 2.48 bits per heavy atom. The molecule has 0 unspecified atom stereocenters. The maximum absolute atomic E-state index is 10.5. The molecular weight excluding hydrogens is 288 g/mol. The van der Waals surface area contributed by atoms with Gasteiger partial charge in [0.2, 0.25) is 0 Å². The Morgan fingerprint density at radius 2 is 1.90 bits per heavy atom. The zero-order chi connectivity index (χ0) is 15.5. The van der Waals surface area contributed by atoms with Gasteiger partial charge < -0.3 is 20.4 Å². The average molecular weight is 318 g/mol. The lowest BCUT2D eigenvalue weighted by Crippen LogP contribution is -2.30. The van der Waals surface area contributed by atoms with E-state index in [1.807, 2.05) is 11.8 Å². The Hall–Kier alpha value is -0.460. The van der Waals surface area contributed by atoms with E-state index in [1.165, 1.54) is 18.6 Å². The van der Waals surface area contributed by atoms with Crippen molar-refractivity contribution >= 4 is 17.9 Å². The van der Waals surface area contributed by atoms with E-state index in [0.717, 1.165) is 44.1 Å². The van der Waals surface area contributed by atoms with Crippen molar-refractivity contribution in [2.45, 2.75) is 32.6 Å². The molecule has 1 fully saturated rings. The Bertz CT molecular complexity index is 284. The third-order valence-electron chi connectivity index (χ3n) is 4.28. The quantitative estimate of drug-likeness (QED) is 0.538. The summed E-state index contributed by atoms with van der Waals surface area (Å²) in [5.41, 5.74) is 0. The zero-order valence-corrected chi connectivity index (χ0v) is 13.9. The standard InChI is InChI=1S/C15H30N2O3S/c1-2-17(7-9-18)8-10-21-12-14-5-3-13(4-6-14)11-16-15(19)20/h13-14,16,18H,2-12H2,1H3,(H,19,20). The highest BCUT2D eigenvalue weighted by Gasteiger charge is 2.21. The molecule has 0 heterocycles. The highest BCUT2D eigenvalue weighted by molar-refractivity contribution is 7.99. The van der Waals surface area contributed by atoms with Crippen LogP contribution in [-0.2, 0) is 0 Å². The summed E-state index contributed by atoms with van der Waals surface area (Å²) in [6.07, 6.45) is 3.85. The number of amides is 1. The van der Waals surface area contributed by atoms with E-state index in [1.54, 1.807) is 0 Å². The normalized spacial score (nSPS) is 22.4. The largest absolute Gasteiger partial charge is 0.465 e. The molecule has 1 amide bonds. The van der Waals surface area contributed by atoms with Crippen LogP contribution in [0.1, 0.15) is 32.6 Å². The Morgan fingerprint density at radius 1 is 1.24 bits per heavy atom. The van der Waals surface area contributed by atoms with Gasteiger partial charge in [-0.25, -0.2) is 4.79 Å². The molecule has 0 radical (unpaired) electrons. The van der Waals surface area contributed by atoms with Gasteiger partial charge in [-0.3, -0.25) is 0 Å². The summed E-state index contributed by atoms with van der Waals surface area (Å²) in [5.74, 6) is 3.68. The molecule has 124 valence electrons. The van der Waals surface area contributed by atoms with E-state index in [2.05, 4.69) is 17.1 Å². The van der Waals surface area contributed by atoms with Crippen molar-refractivity contribution < 1.29 is 15.0 Å². The van der Waals surface area contributed by atoms with Gasteiger partial charge in [-0.2, -0.15) is 11.8 Å². The number of aliphatic hydroxyl groups is 1. The van der Waals surface area contributed by atoms with Crippen molar-refractivity contribution in [2.24, 2.45) is 11.8 Å². The van der Waals surface area contributed by atoms with Crippen LogP contribution in [0.3, 0.4) is 0 Å². The fourth-order valence-electron chi connectivity index (χ4n) is 2.85. The van der Waals surface area contributed by atoms with Gasteiger partial charge in [0.1, 0.15) is 0 Å². The lowest BCUT2D eigenvalue weighted by molar-refractivity contribution is 0.188. The molecule has 3 N–H and O–H groups in total. The monoisotopic (exact) mass is 318 g/mol. The van der Waals surface area contributed by atoms with E-state index in [-0.39, 0.29) is 6.61 Å². The van der Waals surface area contributed by atoms with E-state index in [9.17, 15) is 4.79 Å². The van der Waals surface area contributed by atoms with Crippen molar-refractivity contribution in [3.63, 3.8) is 0 Å². The van der Waals surface area contributed by atoms with Crippen LogP contribution >= 0.6 is 11.8 Å². The Balaban J connectivity index is 2.03. The number of likely N-dealkylation sites (N-methyl/N-ethyl adjacent to an activating group) is 1. The van der Waals surface area contributed by atoms with Crippen LogP contribution in [0.15, 0.2) is 0 Å². The number of rotatable bonds is 10. The maximum Gasteiger partial charge on any atom is 0.404 e. The number of aliphatic hydroxyl groups excluding tert-OH is 1. The number of nitrogens with zero attached hydrogens (tertiary/aromatic N) is 1. The molecule has 0 aromatic heterocycles. The second-order valence-electron chi connectivity index (χ2n) is 5.81. The van der Waals surface area contributed by atoms with Gasteiger partial charge in [0.15, 0.2) is 0 Å². The first-order valence-electron chi connectivity index (χ1n) is 8.03. The van der Waals surface area contributed by atoms with Crippen LogP contribution < -0.4 is 5.32 Å². The SMILES string of the molecule is CCN(CCO)CCSCC1CCC(CNC(=O)O)CC1. The van der Waals surface area contributed by atoms with Crippen LogP contribution in [0.2, 0.25) is 0 Å². The average Bonchev–Trinajstić information content (AvgIpc) is 2.49. The smallest absolute Gasteiger partial charge is 0.404 e. The fraction of sp³-hybridized carbons (Fsp3) is 0.933. The van der Waals surface area contributed by atoms with E-state index in [0.29, 0.717) is 12.5 Å². The minimum absolute atomic E-state index is 0.243. The summed E-state index contributed by atoms with van der Waals surface area (Å²) in [7, 11) is 0. The van der Waals surface area contributed by atoms with Gasteiger partial charge in [0.05, 0.1) is 6.61 Å². The van der Waals surface area contributed by atoms with Gasteiger partial charge >= 0.3 is 6.09 Å². The van der Waals surface area contributed by atoms with E-state index < -0.39 is 6.09 Å². The molecule has 0 aromatic rings. The lowest BCUT2D eigenvalue weighted by atomic mass is 9.83. The summed E-state index contributed by atoms with van der Waals surface area (Å²) in [6, 6.07) is 0. The minimum Gasteiger partial charge on any atom is -0.465 e. The molecular formula is C15H30N2O3S. The Kier molecular flexibility index (Phi) is 9.87. The molecule has 1 rings (SSSR count). The topological polar surface area (TPSA) is 72.8 Å². The van der Waals surface area contributed by atoms with E-state index >= 15 is 0 Å². The molecule has 0 bridgehead atoms. The molecule has 1 aliphatic carbocycles. The highest BCUT2D eigenvalue weighted by atomic mass is 32.2. The van der Waals surface area contributed by atoms with Crippen LogP contribution in [-0.4, -0.2) is 65.5 Å². The van der Waals surface area contributed by atoms with Crippen molar-refractivity contribution in [2.75, 3.05) is 44.3 Å². The van der Waals surface area contributed by atoms with Gasteiger partial charge in [-0.05, 0) is 49.8 Å². The predicted octanol–water partition coefficient (Wildman–Crippen LogP) is 2.11. The van der Waals surface area contributed by atoms with Crippen molar-refractivity contribution in [1.29, 1.82) is 0 Å². The minimum atomic E-state index is -0.906. The summed E-state index contributed by atoms with van der Waals surface area (Å²) >= 11 is 2.02. The molecule has 1 aliphatic rings. The fourth-order valence-corrected chi connectivity index (χ4v) is 4.07. The third kappa shape index (κ3) is 8.53. The molecule has 21 heavy (non-hydrogen) atoms. The van der Waals surface area contributed by atoms with Gasteiger partial charge in [0, 0.05) is 25.4 Å². The molecule has 0 aliphatic heterocycles. The van der Waals surface area contributed by atoms with Gasteiger partial charge in [0.25, 0.3) is 0 Å². The number of carboxylic acid groups (broad SMARTS) is 1. The number of hydrogen-bond acceptors (Lipinski definition) is 4. The molecule has 0 aromatic carbocycles. The molecule has 0 saturated heterocycles. The van der Waals surface area contributed by atoms with Crippen LogP contribution in [0.4, 0.5) is 4.79 Å². The first-order valence-corrected chi connectivity index (χ1v) is 9.18.